The molecule has 448 valence electrons. The molecule has 3 aliphatic heterocycles. The minimum absolute atomic E-state index is 0.00982. The molecular formula is C62H70N12O11Si. The van der Waals surface area contributed by atoms with E-state index in [9.17, 15) is 27.2 Å². The molecule has 0 bridgehead atoms. The zero-order valence-corrected chi connectivity index (χ0v) is 49.1. The molecule has 0 saturated carbocycles. The number of azide groups is 4. The number of ether oxygens (including phenoxy) is 9. The summed E-state index contributed by atoms with van der Waals surface area (Å²) in [6, 6.07) is 51.7. The van der Waals surface area contributed by atoms with Crippen molar-refractivity contribution in [2.75, 3.05) is 13.2 Å². The second kappa shape index (κ2) is 30.6. The predicted octanol–water partition coefficient (Wildman–Crippen LogP) is 11.2. The van der Waals surface area contributed by atoms with Gasteiger partial charge in [-0.3, -0.25) is 0 Å². The Hall–Kier alpha value is -7.66. The van der Waals surface area contributed by atoms with Crippen LogP contribution in [0.5, 0.6) is 0 Å². The van der Waals surface area contributed by atoms with Crippen LogP contribution in [-0.2, 0) is 73.5 Å². The number of hydrogen-bond donors (Lipinski definition) is 1. The fourth-order valence-electron chi connectivity index (χ4n) is 11.3. The second-order valence-corrected chi connectivity index (χ2v) is 26.3. The third-order valence-corrected chi connectivity index (χ3v) is 20.4. The molecular weight excluding hydrogens is 1120 g/mol. The van der Waals surface area contributed by atoms with Crippen LogP contribution in [0, 0.1) is 0 Å². The summed E-state index contributed by atoms with van der Waals surface area (Å²) in [6.45, 7) is 7.82. The number of benzene rings is 6. The Morgan fingerprint density at radius 1 is 0.442 bits per heavy atom. The third-order valence-electron chi connectivity index (χ3n) is 15.4. The van der Waals surface area contributed by atoms with Crippen LogP contribution in [0.3, 0.4) is 0 Å². The zero-order chi connectivity index (χ0) is 60.3. The third kappa shape index (κ3) is 15.3. The number of aliphatic hydroxyl groups is 1. The molecule has 3 fully saturated rings. The van der Waals surface area contributed by atoms with E-state index in [0.717, 1.165) is 32.6 Å². The van der Waals surface area contributed by atoms with Crippen molar-refractivity contribution in [2.45, 2.75) is 151 Å². The topological polar surface area (TPSA) is 308 Å². The van der Waals surface area contributed by atoms with Crippen molar-refractivity contribution in [1.82, 2.24) is 0 Å². The first-order valence-electron chi connectivity index (χ1n) is 28.4. The lowest BCUT2D eigenvalue weighted by Gasteiger charge is -2.51. The van der Waals surface area contributed by atoms with Crippen molar-refractivity contribution in [2.24, 2.45) is 20.5 Å². The molecule has 15 atom stereocenters. The molecule has 23 nitrogen and oxygen atoms in total. The number of hydrogen-bond acceptors (Lipinski definition) is 15. The maximum atomic E-state index is 12.2. The standard InChI is InChI=1S/C62H70N12O11Si/c1-41-50(67-71-63)56(51(68-72-64)61(80-41)85-86(62(2,3)4,46-31-19-9-20-32-46)47-33-21-10-22-34-47)84-60-53(70-74-66)58(79-38-45-29-17-8-18-30-45)55(49(82-60)40-77-36-43-25-13-6-14-26-43)83-59-52(69-73-65)57(78-37-44-27-15-7-16-28-44)54(75)48(81-59)39-76-35-42-23-11-5-12-24-42/h5-34,41,48-61,75H,35-40H2,1-4H3/t41-,48-,49-,50-,51-,52-,53-,54+,55+,56+,57-,58-,59-,60-,61+/m1/s1. The number of rotatable bonds is 26. The van der Waals surface area contributed by atoms with E-state index in [0.29, 0.717) is 0 Å². The van der Waals surface area contributed by atoms with Crippen LogP contribution in [0.1, 0.15) is 49.9 Å². The lowest BCUT2D eigenvalue weighted by molar-refractivity contribution is -0.346. The Kier molecular flexibility index (Phi) is 22.4. The predicted molar refractivity (Wildman–Crippen MR) is 320 cm³/mol. The minimum atomic E-state index is -3.49. The van der Waals surface area contributed by atoms with E-state index in [-0.39, 0.29) is 39.6 Å². The van der Waals surface area contributed by atoms with Crippen molar-refractivity contribution in [3.63, 3.8) is 0 Å². The molecule has 9 rings (SSSR count). The molecule has 3 aliphatic rings. The maximum Gasteiger partial charge on any atom is 0.264 e. The van der Waals surface area contributed by atoms with Crippen molar-refractivity contribution < 1.29 is 52.2 Å². The van der Waals surface area contributed by atoms with Crippen molar-refractivity contribution in [3.8, 4) is 0 Å². The molecule has 6 aromatic carbocycles. The van der Waals surface area contributed by atoms with Crippen LogP contribution < -0.4 is 10.4 Å². The molecule has 24 heteroatoms. The van der Waals surface area contributed by atoms with E-state index >= 15 is 0 Å². The maximum absolute atomic E-state index is 12.2. The van der Waals surface area contributed by atoms with Crippen molar-refractivity contribution in [3.05, 3.63) is 246 Å². The van der Waals surface area contributed by atoms with Gasteiger partial charge in [0.25, 0.3) is 8.32 Å². The van der Waals surface area contributed by atoms with Crippen molar-refractivity contribution in [1.29, 1.82) is 0 Å². The van der Waals surface area contributed by atoms with Gasteiger partial charge < -0.3 is 52.2 Å². The lowest BCUT2D eigenvalue weighted by atomic mass is 9.93. The van der Waals surface area contributed by atoms with Crippen LogP contribution in [0.2, 0.25) is 5.04 Å². The van der Waals surface area contributed by atoms with Gasteiger partial charge in [0.1, 0.15) is 48.6 Å². The molecule has 0 amide bonds. The van der Waals surface area contributed by atoms with Crippen LogP contribution in [0.15, 0.2) is 202 Å². The van der Waals surface area contributed by atoms with Gasteiger partial charge in [-0.1, -0.05) is 223 Å². The highest BCUT2D eigenvalue weighted by atomic mass is 28.4. The van der Waals surface area contributed by atoms with Gasteiger partial charge in [0, 0.05) is 19.6 Å². The highest BCUT2D eigenvalue weighted by Gasteiger charge is 2.58. The van der Waals surface area contributed by atoms with Gasteiger partial charge in [-0.05, 0) is 66.7 Å². The molecule has 0 spiro atoms. The Balaban J connectivity index is 1.13. The van der Waals surface area contributed by atoms with E-state index in [1.54, 1.807) is 6.92 Å². The second-order valence-electron chi connectivity index (χ2n) is 22.1. The van der Waals surface area contributed by atoms with Crippen LogP contribution in [-0.4, -0.2) is 119 Å². The first-order chi connectivity index (χ1) is 42.0. The largest absolute Gasteiger partial charge is 0.388 e. The van der Waals surface area contributed by atoms with Gasteiger partial charge in [0.2, 0.25) is 0 Å². The molecule has 6 aromatic rings. The summed E-state index contributed by atoms with van der Waals surface area (Å²) >= 11 is 0. The molecule has 0 unspecified atom stereocenters. The average Bonchev–Trinajstić information content (AvgIpc) is 0.874. The molecule has 0 radical (unpaired) electrons. The Morgan fingerprint density at radius 3 is 1.24 bits per heavy atom. The van der Waals surface area contributed by atoms with Gasteiger partial charge >= 0.3 is 0 Å². The van der Waals surface area contributed by atoms with Gasteiger partial charge in [0.15, 0.2) is 18.9 Å². The first kappa shape index (κ1) is 62.9. The highest BCUT2D eigenvalue weighted by molar-refractivity contribution is 6.99. The van der Waals surface area contributed by atoms with E-state index < -0.39 is 105 Å². The fraction of sp³-hybridized carbons (Fsp3) is 0.419. The molecule has 1 N–H and O–H groups in total. The highest BCUT2D eigenvalue weighted by Crippen LogP contribution is 2.42. The SMILES string of the molecule is C[C@H]1O[C@@H](O[Si](c2ccccc2)(c2ccccc2)C(C)(C)C)[C@H](N=[N+]=[N-])[C@@H](O[C@H]2O[C@H](COCc3ccccc3)[C@H](O[C@H]3O[C@H](COCc4ccccc4)[C@H](O)[C@H](OCc4ccccc4)[C@H]3N=[N+]=[N-])[C@H](OCc3ccccc3)[C@H]2N=[N+]=[N-])[C@@H]1N=[N+]=[N-]. The Bertz CT molecular complexity index is 3220. The van der Waals surface area contributed by atoms with E-state index in [1.807, 2.05) is 182 Å². The lowest BCUT2D eigenvalue weighted by Crippen LogP contribution is -2.71. The van der Waals surface area contributed by atoms with Crippen LogP contribution in [0.25, 0.3) is 41.8 Å². The summed E-state index contributed by atoms with van der Waals surface area (Å²) in [5.74, 6) is 0. The smallest absolute Gasteiger partial charge is 0.264 e. The van der Waals surface area contributed by atoms with E-state index in [4.69, 9.17) is 47.1 Å². The van der Waals surface area contributed by atoms with Gasteiger partial charge in [0.05, 0.1) is 64.0 Å². The summed E-state index contributed by atoms with van der Waals surface area (Å²) in [5, 5.41) is 30.4. The zero-order valence-electron chi connectivity index (χ0n) is 48.1. The molecule has 0 aliphatic carbocycles. The molecule has 3 saturated heterocycles. The number of nitrogens with zero attached hydrogens (tertiary/aromatic N) is 12. The Labute approximate surface area is 499 Å². The quantitative estimate of drug-likeness (QED) is 0.0230. The number of aliphatic hydroxyl groups excluding tert-OH is 1. The monoisotopic (exact) mass is 1190 g/mol. The summed E-state index contributed by atoms with van der Waals surface area (Å²) in [7, 11) is -3.49. The summed E-state index contributed by atoms with van der Waals surface area (Å²) in [5.41, 5.74) is 44.8. The Morgan fingerprint density at radius 2 is 0.802 bits per heavy atom. The summed E-state index contributed by atoms with van der Waals surface area (Å²) in [4.78, 5) is 13.0. The summed E-state index contributed by atoms with van der Waals surface area (Å²) in [6.07, 6.45) is -14.4. The van der Waals surface area contributed by atoms with Crippen LogP contribution >= 0.6 is 0 Å². The summed E-state index contributed by atoms with van der Waals surface area (Å²) < 4.78 is 68.1. The van der Waals surface area contributed by atoms with E-state index in [1.165, 1.54) is 0 Å². The normalized spacial score (nSPS) is 27.5. The average molecular weight is 1190 g/mol. The van der Waals surface area contributed by atoms with Gasteiger partial charge in [-0.2, -0.15) is 0 Å². The molecule has 3 heterocycles. The first-order valence-corrected chi connectivity index (χ1v) is 30.3. The van der Waals surface area contributed by atoms with Crippen molar-refractivity contribution >= 4 is 18.7 Å². The van der Waals surface area contributed by atoms with Gasteiger partial charge in [-0.15, -0.1) is 0 Å². The fourth-order valence-corrected chi connectivity index (χ4v) is 15.9. The molecule has 86 heavy (non-hydrogen) atoms. The van der Waals surface area contributed by atoms with Crippen LogP contribution in [0.4, 0.5) is 0 Å². The molecule has 0 aromatic heterocycles. The van der Waals surface area contributed by atoms with Gasteiger partial charge in [-0.25, -0.2) is 0 Å². The van der Waals surface area contributed by atoms with E-state index in [2.05, 4.69) is 60.9 Å². The minimum Gasteiger partial charge on any atom is -0.388 e.